The third kappa shape index (κ3) is 5.51. The van der Waals surface area contributed by atoms with Crippen LogP contribution in [0, 0.1) is 5.92 Å². The molecule has 1 fully saturated rings. The summed E-state index contributed by atoms with van der Waals surface area (Å²) < 4.78 is 29.6. The highest BCUT2D eigenvalue weighted by molar-refractivity contribution is 7.90. The van der Waals surface area contributed by atoms with Gasteiger partial charge in [-0.3, -0.25) is 0 Å². The topological polar surface area (TPSA) is 75.3 Å². The van der Waals surface area contributed by atoms with Crippen molar-refractivity contribution >= 4 is 20.9 Å². The highest BCUT2D eigenvalue weighted by Gasteiger charge is 2.24. The Kier molecular flexibility index (Phi) is 6.86. The molecule has 3 aromatic rings. The lowest BCUT2D eigenvalue weighted by molar-refractivity contribution is 0.261. The minimum absolute atomic E-state index is 0.180. The van der Waals surface area contributed by atoms with Gasteiger partial charge in [-0.15, -0.1) is 0 Å². The number of likely N-dealkylation sites (N-methyl/N-ethyl adjacent to an activating group) is 1. The van der Waals surface area contributed by atoms with E-state index in [1.54, 1.807) is 18.3 Å². The second kappa shape index (κ2) is 9.63. The van der Waals surface area contributed by atoms with E-state index in [-0.39, 0.29) is 5.92 Å². The van der Waals surface area contributed by atoms with Gasteiger partial charge in [0.1, 0.15) is 18.0 Å². The Morgan fingerprint density at radius 1 is 1.16 bits per heavy atom. The normalized spacial score (nSPS) is 16.1. The van der Waals surface area contributed by atoms with E-state index in [4.69, 9.17) is 4.74 Å². The van der Waals surface area contributed by atoms with Gasteiger partial charge in [0.25, 0.3) is 0 Å². The van der Waals surface area contributed by atoms with E-state index in [2.05, 4.69) is 20.9 Å². The zero-order chi connectivity index (χ0) is 22.7. The molecule has 6 nitrogen and oxygen atoms in total. The standard InChI is InChI=1S/C25H33N3O3S/c1-28(2)12-13-31-21-15-20-16-24(27-25(20)26-17-21)23(14-18-6-4-5-7-18)19-8-10-22(11-9-19)32(3,29)30/h8-11,15-18,23H,4-7,12-14H2,1-3H3,(H,26,27). The van der Waals surface area contributed by atoms with Crippen molar-refractivity contribution in [3.05, 3.63) is 53.9 Å². The van der Waals surface area contributed by atoms with Crippen molar-refractivity contribution in [1.29, 1.82) is 0 Å². The quantitative estimate of drug-likeness (QED) is 0.510. The summed E-state index contributed by atoms with van der Waals surface area (Å²) >= 11 is 0. The molecule has 0 saturated heterocycles. The fraction of sp³-hybridized carbons (Fsp3) is 0.480. The van der Waals surface area contributed by atoms with Gasteiger partial charge in [0.15, 0.2) is 9.84 Å². The van der Waals surface area contributed by atoms with Gasteiger partial charge >= 0.3 is 0 Å². The second-order valence-corrected chi connectivity index (χ2v) is 11.3. The lowest BCUT2D eigenvalue weighted by Gasteiger charge is -2.20. The van der Waals surface area contributed by atoms with E-state index in [1.165, 1.54) is 31.9 Å². The molecule has 0 amide bonds. The van der Waals surface area contributed by atoms with Gasteiger partial charge in [-0.2, -0.15) is 0 Å². The Morgan fingerprint density at radius 3 is 2.53 bits per heavy atom. The number of pyridine rings is 1. The van der Waals surface area contributed by atoms with Crippen LogP contribution in [0.3, 0.4) is 0 Å². The van der Waals surface area contributed by atoms with Crippen molar-refractivity contribution < 1.29 is 13.2 Å². The monoisotopic (exact) mass is 455 g/mol. The smallest absolute Gasteiger partial charge is 0.175 e. The summed E-state index contributed by atoms with van der Waals surface area (Å²) in [4.78, 5) is 10.5. The molecule has 2 heterocycles. The maximum absolute atomic E-state index is 11.9. The van der Waals surface area contributed by atoms with E-state index in [9.17, 15) is 8.42 Å². The van der Waals surface area contributed by atoms with Crippen molar-refractivity contribution in [1.82, 2.24) is 14.9 Å². The van der Waals surface area contributed by atoms with Crippen molar-refractivity contribution in [2.24, 2.45) is 5.92 Å². The number of fused-ring (bicyclic) bond motifs is 1. The van der Waals surface area contributed by atoms with Gasteiger partial charge in [-0.25, -0.2) is 13.4 Å². The summed E-state index contributed by atoms with van der Waals surface area (Å²) in [6.45, 7) is 1.47. The third-order valence-corrected chi connectivity index (χ3v) is 7.53. The van der Waals surface area contributed by atoms with Crippen molar-refractivity contribution in [3.63, 3.8) is 0 Å². The van der Waals surface area contributed by atoms with E-state index in [0.717, 1.165) is 41.0 Å². The van der Waals surface area contributed by atoms with E-state index >= 15 is 0 Å². The summed E-state index contributed by atoms with van der Waals surface area (Å²) in [6.07, 6.45) is 9.20. The number of hydrogen-bond donors (Lipinski definition) is 1. The van der Waals surface area contributed by atoms with Crippen LogP contribution in [-0.2, 0) is 9.84 Å². The molecule has 172 valence electrons. The maximum atomic E-state index is 11.9. The first-order valence-corrected chi connectivity index (χ1v) is 13.2. The van der Waals surface area contributed by atoms with Gasteiger partial charge in [0, 0.05) is 29.8 Å². The number of nitrogens with one attached hydrogen (secondary N) is 1. The molecule has 1 unspecified atom stereocenters. The number of ether oxygens (including phenoxy) is 1. The zero-order valence-corrected chi connectivity index (χ0v) is 20.0. The van der Waals surface area contributed by atoms with Gasteiger partial charge in [0.2, 0.25) is 0 Å². The lowest BCUT2D eigenvalue weighted by atomic mass is 9.85. The van der Waals surface area contributed by atoms with Gasteiger partial charge < -0.3 is 14.6 Å². The van der Waals surface area contributed by atoms with Gasteiger partial charge in [-0.1, -0.05) is 37.8 Å². The van der Waals surface area contributed by atoms with Crippen LogP contribution in [-0.4, -0.2) is 56.8 Å². The van der Waals surface area contributed by atoms with Crippen LogP contribution < -0.4 is 4.74 Å². The molecule has 1 aromatic carbocycles. The molecular weight excluding hydrogens is 422 g/mol. The molecule has 1 atom stereocenters. The maximum Gasteiger partial charge on any atom is 0.175 e. The van der Waals surface area contributed by atoms with E-state index < -0.39 is 9.84 Å². The zero-order valence-electron chi connectivity index (χ0n) is 19.2. The molecule has 0 aliphatic heterocycles. The number of sulfone groups is 1. The Morgan fingerprint density at radius 2 is 1.88 bits per heavy atom. The van der Waals surface area contributed by atoms with Crippen LogP contribution in [0.25, 0.3) is 11.0 Å². The minimum Gasteiger partial charge on any atom is -0.491 e. The predicted molar refractivity (Wildman–Crippen MR) is 128 cm³/mol. The molecule has 4 rings (SSSR count). The molecule has 1 saturated carbocycles. The summed E-state index contributed by atoms with van der Waals surface area (Å²) in [7, 11) is 0.842. The average molecular weight is 456 g/mol. The Hall–Kier alpha value is -2.38. The van der Waals surface area contributed by atoms with Crippen LogP contribution in [0.15, 0.2) is 47.5 Å². The van der Waals surface area contributed by atoms with Crippen LogP contribution in [0.1, 0.15) is 49.3 Å². The fourth-order valence-electron chi connectivity index (χ4n) is 4.60. The summed E-state index contributed by atoms with van der Waals surface area (Å²) in [6, 6.07) is 11.6. The molecule has 1 N–H and O–H groups in total. The molecule has 1 aliphatic carbocycles. The SMILES string of the molecule is CN(C)CCOc1cnc2[nH]c(C(CC3CCCC3)c3ccc(S(C)(=O)=O)cc3)cc2c1. The molecule has 32 heavy (non-hydrogen) atoms. The van der Waals surface area contributed by atoms with Crippen LogP contribution in [0.2, 0.25) is 0 Å². The first-order chi connectivity index (χ1) is 15.3. The molecule has 2 aromatic heterocycles. The Bertz CT molecular complexity index is 1150. The largest absolute Gasteiger partial charge is 0.491 e. The Balaban J connectivity index is 1.62. The van der Waals surface area contributed by atoms with Crippen LogP contribution in [0.4, 0.5) is 0 Å². The first-order valence-electron chi connectivity index (χ1n) is 11.4. The lowest BCUT2D eigenvalue weighted by Crippen LogP contribution is -2.19. The average Bonchev–Trinajstić information content (AvgIpc) is 3.40. The number of benzene rings is 1. The predicted octanol–water partition coefficient (Wildman–Crippen LogP) is 4.62. The number of aromatic amines is 1. The number of H-pyrrole nitrogens is 1. The highest BCUT2D eigenvalue weighted by Crippen LogP contribution is 2.38. The van der Waals surface area contributed by atoms with E-state index in [1.807, 2.05) is 32.3 Å². The highest BCUT2D eigenvalue weighted by atomic mass is 32.2. The number of aromatic nitrogens is 2. The van der Waals surface area contributed by atoms with Gasteiger partial charge in [0.05, 0.1) is 11.1 Å². The van der Waals surface area contributed by atoms with Crippen molar-refractivity contribution in [3.8, 4) is 5.75 Å². The van der Waals surface area contributed by atoms with Crippen molar-refractivity contribution in [2.75, 3.05) is 33.5 Å². The number of rotatable bonds is 9. The molecule has 0 radical (unpaired) electrons. The van der Waals surface area contributed by atoms with E-state index in [0.29, 0.717) is 17.4 Å². The Labute approximate surface area is 190 Å². The molecule has 1 aliphatic rings. The number of nitrogens with zero attached hydrogens (tertiary/aromatic N) is 2. The summed E-state index contributed by atoms with van der Waals surface area (Å²) in [5.41, 5.74) is 3.11. The summed E-state index contributed by atoms with van der Waals surface area (Å²) in [5, 5.41) is 1.03. The fourth-order valence-corrected chi connectivity index (χ4v) is 5.23. The van der Waals surface area contributed by atoms with Gasteiger partial charge in [-0.05, 0) is 56.3 Å². The molecule has 0 spiro atoms. The third-order valence-electron chi connectivity index (χ3n) is 6.40. The second-order valence-electron chi connectivity index (χ2n) is 9.27. The number of hydrogen-bond acceptors (Lipinski definition) is 5. The molecule has 7 heteroatoms. The van der Waals surface area contributed by atoms with Crippen LogP contribution in [0.5, 0.6) is 5.75 Å². The van der Waals surface area contributed by atoms with Crippen LogP contribution >= 0.6 is 0 Å². The summed E-state index contributed by atoms with van der Waals surface area (Å²) in [5.74, 6) is 1.65. The first kappa shape index (κ1) is 22.8. The van der Waals surface area contributed by atoms with Crippen molar-refractivity contribution in [2.45, 2.75) is 42.9 Å². The minimum atomic E-state index is -3.21. The molecule has 0 bridgehead atoms. The molecular formula is C25H33N3O3S.